The maximum atomic E-state index is 12.7. The molecule has 0 radical (unpaired) electrons. The fourth-order valence-electron chi connectivity index (χ4n) is 2.78. The van der Waals surface area contributed by atoms with Crippen LogP contribution >= 0.6 is 0 Å². The number of benzene rings is 1. The first-order chi connectivity index (χ1) is 11.5. The minimum Gasteiger partial charge on any atom is -0.352 e. The van der Waals surface area contributed by atoms with E-state index >= 15 is 0 Å². The fourth-order valence-corrected chi connectivity index (χ4v) is 4.37. The van der Waals surface area contributed by atoms with E-state index in [9.17, 15) is 13.2 Å². The van der Waals surface area contributed by atoms with Crippen LogP contribution in [-0.2, 0) is 21.4 Å². The number of carbonyl (C=O) groups is 1. The van der Waals surface area contributed by atoms with Crippen LogP contribution in [0, 0.1) is 0 Å². The lowest BCUT2D eigenvalue weighted by Gasteiger charge is -2.26. The van der Waals surface area contributed by atoms with Gasteiger partial charge in [0.2, 0.25) is 15.9 Å². The van der Waals surface area contributed by atoms with E-state index < -0.39 is 10.0 Å². The van der Waals surface area contributed by atoms with E-state index in [2.05, 4.69) is 10.6 Å². The fraction of sp³-hybridized carbons (Fsp3) is 0.588. The van der Waals surface area contributed by atoms with Crippen LogP contribution in [0.25, 0.3) is 0 Å². The van der Waals surface area contributed by atoms with Crippen molar-refractivity contribution < 1.29 is 13.2 Å². The molecule has 0 unspecified atom stereocenters. The van der Waals surface area contributed by atoms with Crippen LogP contribution in [0.5, 0.6) is 0 Å². The number of nitrogens with one attached hydrogen (secondary N) is 2. The molecule has 2 rings (SSSR count). The number of amides is 1. The Kier molecular flexibility index (Phi) is 7.20. The Balaban J connectivity index is 1.97. The molecule has 0 bridgehead atoms. The summed E-state index contributed by atoms with van der Waals surface area (Å²) in [6, 6.07) is 6.86. The Morgan fingerprint density at radius 1 is 1.21 bits per heavy atom. The predicted octanol–water partition coefficient (Wildman–Crippen LogP) is 1.48. The second kappa shape index (κ2) is 9.15. The quantitative estimate of drug-likeness (QED) is 0.694. The number of piperidine rings is 1. The van der Waals surface area contributed by atoms with Gasteiger partial charge in [0.25, 0.3) is 0 Å². The number of carbonyl (C=O) groups excluding carboxylic acids is 1. The minimum atomic E-state index is -3.43. The van der Waals surface area contributed by atoms with E-state index in [0.29, 0.717) is 31.0 Å². The molecule has 0 saturated carbocycles. The standard InChI is InChI=1S/C17H27N3O3S/c1-18-10-6-9-17(21)19-14-15-7-5-8-16(13-15)24(22,23)20-11-3-2-4-12-20/h5,7-8,13,18H,2-4,6,9-12,14H2,1H3,(H,19,21). The second-order valence-electron chi connectivity index (χ2n) is 6.10. The third-order valence-electron chi connectivity index (χ3n) is 4.17. The molecular weight excluding hydrogens is 326 g/mol. The third kappa shape index (κ3) is 5.29. The molecule has 24 heavy (non-hydrogen) atoms. The van der Waals surface area contributed by atoms with E-state index in [0.717, 1.165) is 37.8 Å². The van der Waals surface area contributed by atoms with Gasteiger partial charge in [-0.1, -0.05) is 18.6 Å². The molecule has 1 heterocycles. The number of hydrogen-bond donors (Lipinski definition) is 2. The first-order valence-electron chi connectivity index (χ1n) is 8.54. The van der Waals surface area contributed by atoms with E-state index in [1.165, 1.54) is 0 Å². The second-order valence-corrected chi connectivity index (χ2v) is 8.03. The van der Waals surface area contributed by atoms with Crippen LogP contribution in [0.4, 0.5) is 0 Å². The summed E-state index contributed by atoms with van der Waals surface area (Å²) in [5.41, 5.74) is 0.801. The topological polar surface area (TPSA) is 78.5 Å². The SMILES string of the molecule is CNCCCC(=O)NCc1cccc(S(=O)(=O)N2CCCCC2)c1. The van der Waals surface area contributed by atoms with Gasteiger partial charge in [-0.2, -0.15) is 4.31 Å². The van der Waals surface area contributed by atoms with Crippen LogP contribution in [0.1, 0.15) is 37.7 Å². The molecule has 1 fully saturated rings. The zero-order chi connectivity index (χ0) is 17.4. The highest BCUT2D eigenvalue weighted by Crippen LogP contribution is 2.21. The van der Waals surface area contributed by atoms with Crippen molar-refractivity contribution in [3.05, 3.63) is 29.8 Å². The lowest BCUT2D eigenvalue weighted by molar-refractivity contribution is -0.121. The first-order valence-corrected chi connectivity index (χ1v) is 9.98. The lowest BCUT2D eigenvalue weighted by atomic mass is 10.2. The number of hydrogen-bond acceptors (Lipinski definition) is 4. The first kappa shape index (κ1) is 18.9. The maximum absolute atomic E-state index is 12.7. The number of nitrogens with zero attached hydrogens (tertiary/aromatic N) is 1. The largest absolute Gasteiger partial charge is 0.352 e. The van der Waals surface area contributed by atoms with Gasteiger partial charge in [0.1, 0.15) is 0 Å². The molecule has 1 aliphatic heterocycles. The zero-order valence-electron chi connectivity index (χ0n) is 14.3. The van der Waals surface area contributed by atoms with Gasteiger partial charge in [-0.15, -0.1) is 0 Å². The van der Waals surface area contributed by atoms with E-state index in [-0.39, 0.29) is 5.91 Å². The zero-order valence-corrected chi connectivity index (χ0v) is 15.1. The summed E-state index contributed by atoms with van der Waals surface area (Å²) in [5.74, 6) is -0.0189. The van der Waals surface area contributed by atoms with E-state index in [1.54, 1.807) is 22.5 Å². The molecule has 1 amide bonds. The van der Waals surface area contributed by atoms with Gasteiger partial charge in [0.15, 0.2) is 0 Å². The summed E-state index contributed by atoms with van der Waals surface area (Å²) in [6.07, 6.45) is 4.17. The Morgan fingerprint density at radius 3 is 2.67 bits per heavy atom. The van der Waals surface area contributed by atoms with Gasteiger partial charge < -0.3 is 10.6 Å². The number of sulfonamides is 1. The summed E-state index contributed by atoms with van der Waals surface area (Å²) < 4.78 is 26.9. The van der Waals surface area contributed by atoms with Crippen LogP contribution in [0.15, 0.2) is 29.2 Å². The van der Waals surface area contributed by atoms with Crippen molar-refractivity contribution in [2.75, 3.05) is 26.7 Å². The third-order valence-corrected chi connectivity index (χ3v) is 6.07. The summed E-state index contributed by atoms with van der Waals surface area (Å²) in [7, 11) is -1.57. The highest BCUT2D eigenvalue weighted by Gasteiger charge is 2.25. The molecule has 2 N–H and O–H groups in total. The van der Waals surface area contributed by atoms with Crippen LogP contribution in [0.3, 0.4) is 0 Å². The molecule has 0 aromatic heterocycles. The van der Waals surface area contributed by atoms with Crippen molar-refractivity contribution in [1.29, 1.82) is 0 Å². The smallest absolute Gasteiger partial charge is 0.243 e. The van der Waals surface area contributed by atoms with Gasteiger partial charge in [0.05, 0.1) is 4.90 Å². The molecule has 0 spiro atoms. The molecule has 1 aromatic rings. The Labute approximate surface area is 144 Å². The van der Waals surface area contributed by atoms with E-state index in [1.807, 2.05) is 13.1 Å². The van der Waals surface area contributed by atoms with Gasteiger partial charge in [-0.05, 0) is 50.6 Å². The molecule has 6 nitrogen and oxygen atoms in total. The summed E-state index contributed by atoms with van der Waals surface area (Å²) in [5, 5.41) is 5.84. The molecule has 0 atom stereocenters. The average Bonchev–Trinajstić information content (AvgIpc) is 2.61. The van der Waals surface area contributed by atoms with Crippen molar-refractivity contribution in [1.82, 2.24) is 14.9 Å². The van der Waals surface area contributed by atoms with Crippen LogP contribution in [0.2, 0.25) is 0 Å². The summed E-state index contributed by atoms with van der Waals surface area (Å²) >= 11 is 0. The molecule has 1 aliphatic rings. The molecule has 7 heteroatoms. The molecule has 1 aromatic carbocycles. The van der Waals surface area contributed by atoms with Crippen molar-refractivity contribution in [3.63, 3.8) is 0 Å². The normalized spacial score (nSPS) is 16.0. The molecular formula is C17H27N3O3S. The average molecular weight is 353 g/mol. The Morgan fingerprint density at radius 2 is 1.96 bits per heavy atom. The van der Waals surface area contributed by atoms with Crippen molar-refractivity contribution >= 4 is 15.9 Å². The van der Waals surface area contributed by atoms with Crippen molar-refractivity contribution in [2.24, 2.45) is 0 Å². The highest BCUT2D eigenvalue weighted by atomic mass is 32.2. The van der Waals surface area contributed by atoms with Gasteiger partial charge in [-0.25, -0.2) is 8.42 Å². The maximum Gasteiger partial charge on any atom is 0.243 e. The molecule has 1 saturated heterocycles. The summed E-state index contributed by atoms with van der Waals surface area (Å²) in [4.78, 5) is 12.1. The van der Waals surface area contributed by atoms with Gasteiger partial charge in [-0.3, -0.25) is 4.79 Å². The summed E-state index contributed by atoms with van der Waals surface area (Å²) in [6.45, 7) is 2.34. The molecule has 0 aliphatic carbocycles. The Hall–Kier alpha value is -1.44. The molecule has 134 valence electrons. The number of rotatable bonds is 8. The minimum absolute atomic E-state index is 0.0189. The van der Waals surface area contributed by atoms with Gasteiger partial charge >= 0.3 is 0 Å². The van der Waals surface area contributed by atoms with Crippen LogP contribution in [-0.4, -0.2) is 45.3 Å². The van der Waals surface area contributed by atoms with Crippen molar-refractivity contribution in [2.45, 2.75) is 43.5 Å². The predicted molar refractivity (Wildman–Crippen MR) is 94.1 cm³/mol. The van der Waals surface area contributed by atoms with Gasteiger partial charge in [0, 0.05) is 26.1 Å². The highest BCUT2D eigenvalue weighted by molar-refractivity contribution is 7.89. The monoisotopic (exact) mass is 353 g/mol. The van der Waals surface area contributed by atoms with Crippen molar-refractivity contribution in [3.8, 4) is 0 Å². The van der Waals surface area contributed by atoms with E-state index in [4.69, 9.17) is 0 Å². The Bertz CT molecular complexity index is 640. The lowest BCUT2D eigenvalue weighted by Crippen LogP contribution is -2.35. The van der Waals surface area contributed by atoms with Crippen LogP contribution < -0.4 is 10.6 Å².